The van der Waals surface area contributed by atoms with Crippen molar-refractivity contribution < 1.29 is 4.79 Å². The molecule has 0 aromatic heterocycles. The van der Waals surface area contributed by atoms with Crippen LogP contribution in [-0.4, -0.2) is 23.5 Å². The fraction of sp³-hybridized carbons (Fsp3) is 0.500. The van der Waals surface area contributed by atoms with Crippen molar-refractivity contribution in [1.29, 1.82) is 0 Å². The van der Waals surface area contributed by atoms with E-state index in [1.165, 1.54) is 11.9 Å². The molecule has 0 aromatic rings. The lowest BCUT2D eigenvalue weighted by atomic mass is 10.3. The van der Waals surface area contributed by atoms with E-state index in [0.29, 0.717) is 5.75 Å². The van der Waals surface area contributed by atoms with E-state index < -0.39 is 0 Å². The molecule has 0 aliphatic rings. The van der Waals surface area contributed by atoms with E-state index in [9.17, 15) is 4.79 Å². The first kappa shape index (κ1) is 10.9. The number of carbonyl (C=O) groups is 1. The van der Waals surface area contributed by atoms with Crippen LogP contribution in [0.1, 0.15) is 0 Å². The molecule has 0 spiro atoms. The van der Waals surface area contributed by atoms with Crippen molar-refractivity contribution >= 4 is 30.5 Å². The number of nitrogens with two attached hydrogens (primary N) is 1. The van der Waals surface area contributed by atoms with Gasteiger partial charge in [0.15, 0.2) is 0 Å². The van der Waals surface area contributed by atoms with Crippen molar-refractivity contribution in [3.05, 3.63) is 12.7 Å². The molecule has 64 valence electrons. The van der Waals surface area contributed by atoms with E-state index in [-0.39, 0.29) is 11.9 Å². The summed E-state index contributed by atoms with van der Waals surface area (Å²) in [6, 6.07) is -0.358. The van der Waals surface area contributed by atoms with Crippen molar-refractivity contribution in [2.75, 3.05) is 11.5 Å². The topological polar surface area (TPSA) is 55.1 Å². The van der Waals surface area contributed by atoms with Crippen LogP contribution in [0.5, 0.6) is 0 Å². The Morgan fingerprint density at radius 1 is 1.91 bits per heavy atom. The second-order valence-corrected chi connectivity index (χ2v) is 3.08. The molecule has 1 amide bonds. The van der Waals surface area contributed by atoms with E-state index in [0.717, 1.165) is 5.75 Å². The van der Waals surface area contributed by atoms with Gasteiger partial charge in [-0.1, -0.05) is 18.0 Å². The Morgan fingerprint density at radius 2 is 2.55 bits per heavy atom. The minimum absolute atomic E-state index is 0.358. The highest BCUT2D eigenvalue weighted by Gasteiger charge is 2.11. The second kappa shape index (κ2) is 6.57. The Labute approximate surface area is 76.3 Å². The van der Waals surface area contributed by atoms with Crippen molar-refractivity contribution in [1.82, 2.24) is 4.72 Å². The van der Waals surface area contributed by atoms with E-state index >= 15 is 0 Å². The molecule has 1 atom stereocenters. The Kier molecular flexibility index (Phi) is 6.49. The number of hydrogen-bond acceptors (Lipinski definition) is 4. The maximum atomic E-state index is 10.6. The summed E-state index contributed by atoms with van der Waals surface area (Å²) in [5.41, 5.74) is 5.04. The molecule has 1 unspecified atom stereocenters. The van der Waals surface area contributed by atoms with Crippen molar-refractivity contribution in [3.8, 4) is 0 Å². The maximum absolute atomic E-state index is 10.6. The number of nitrogens with one attached hydrogen (secondary N) is 1. The molecule has 11 heavy (non-hydrogen) atoms. The van der Waals surface area contributed by atoms with Gasteiger partial charge < -0.3 is 5.73 Å². The van der Waals surface area contributed by atoms with Gasteiger partial charge in [0.25, 0.3) is 0 Å². The minimum atomic E-state index is -0.378. The molecule has 0 heterocycles. The number of thiol groups is 1. The molecule has 0 bridgehead atoms. The molecule has 0 fully saturated rings. The first-order chi connectivity index (χ1) is 5.22. The van der Waals surface area contributed by atoms with Gasteiger partial charge in [0.2, 0.25) is 5.91 Å². The Hall–Kier alpha value is -0.130. The smallest absolute Gasteiger partial charge is 0.236 e. The van der Waals surface area contributed by atoms with E-state index in [2.05, 4.69) is 23.9 Å². The largest absolute Gasteiger partial charge is 0.368 e. The summed E-state index contributed by atoms with van der Waals surface area (Å²) < 4.78 is 2.86. The predicted molar refractivity (Wildman–Crippen MR) is 52.6 cm³/mol. The number of carbonyl (C=O) groups excluding carboxylic acids is 1. The highest BCUT2D eigenvalue weighted by Crippen LogP contribution is 1.97. The molecule has 3 N–H and O–H groups in total. The van der Waals surface area contributed by atoms with Crippen LogP contribution in [0, 0.1) is 0 Å². The van der Waals surface area contributed by atoms with Gasteiger partial charge in [-0.25, -0.2) is 0 Å². The molecule has 0 rings (SSSR count). The second-order valence-electron chi connectivity index (χ2n) is 1.86. The lowest BCUT2D eigenvalue weighted by Gasteiger charge is -2.09. The monoisotopic (exact) mass is 192 g/mol. The fourth-order valence-electron chi connectivity index (χ4n) is 0.393. The van der Waals surface area contributed by atoms with Gasteiger partial charge in [-0.15, -0.1) is 6.58 Å². The van der Waals surface area contributed by atoms with Gasteiger partial charge in [-0.2, -0.15) is 12.6 Å². The zero-order valence-corrected chi connectivity index (χ0v) is 7.83. The van der Waals surface area contributed by atoms with Crippen LogP contribution >= 0.6 is 24.6 Å². The van der Waals surface area contributed by atoms with Crippen molar-refractivity contribution in [3.63, 3.8) is 0 Å². The zero-order chi connectivity index (χ0) is 8.69. The van der Waals surface area contributed by atoms with Crippen LogP contribution in [0.15, 0.2) is 12.7 Å². The normalized spacial score (nSPS) is 12.5. The standard InChI is InChI=1S/C6H12N2OS2/c1-2-3-11-8-5(4-10)6(7)9/h2,5,8,10H,1,3-4H2,(H2,7,9). The van der Waals surface area contributed by atoms with Crippen molar-refractivity contribution in [2.45, 2.75) is 6.04 Å². The number of primary amides is 1. The molecular weight excluding hydrogens is 180 g/mol. The Bertz CT molecular complexity index is 141. The third-order valence-corrected chi connectivity index (χ3v) is 2.17. The summed E-state index contributed by atoms with van der Waals surface area (Å²) in [5, 5.41) is 0. The first-order valence-corrected chi connectivity index (χ1v) is 4.72. The molecule has 0 saturated heterocycles. The van der Waals surface area contributed by atoms with Gasteiger partial charge >= 0.3 is 0 Å². The average Bonchev–Trinajstić information content (AvgIpc) is 1.97. The molecule has 5 heteroatoms. The molecule has 3 nitrogen and oxygen atoms in total. The molecule has 0 aromatic carbocycles. The summed E-state index contributed by atoms with van der Waals surface area (Å²) in [6.07, 6.45) is 1.74. The van der Waals surface area contributed by atoms with Gasteiger partial charge in [-0.05, 0) is 0 Å². The van der Waals surface area contributed by atoms with Crippen LogP contribution in [-0.2, 0) is 4.79 Å². The predicted octanol–water partition coefficient (Wildman–Crippen LogP) is 0.194. The van der Waals surface area contributed by atoms with Gasteiger partial charge in [0, 0.05) is 11.5 Å². The lowest BCUT2D eigenvalue weighted by Crippen LogP contribution is -2.39. The van der Waals surface area contributed by atoms with E-state index in [1.54, 1.807) is 6.08 Å². The van der Waals surface area contributed by atoms with Crippen LogP contribution in [0.3, 0.4) is 0 Å². The zero-order valence-electron chi connectivity index (χ0n) is 6.12. The van der Waals surface area contributed by atoms with Gasteiger partial charge in [0.1, 0.15) is 6.04 Å². The van der Waals surface area contributed by atoms with E-state index in [1.807, 2.05) is 0 Å². The van der Waals surface area contributed by atoms with Gasteiger partial charge in [-0.3, -0.25) is 9.52 Å². The minimum Gasteiger partial charge on any atom is -0.368 e. The molecule has 0 saturated carbocycles. The highest BCUT2D eigenvalue weighted by atomic mass is 32.2. The average molecular weight is 192 g/mol. The Balaban J connectivity index is 3.52. The lowest BCUT2D eigenvalue weighted by molar-refractivity contribution is -0.119. The SMILES string of the molecule is C=CCSNC(CS)C(N)=O. The number of rotatable bonds is 6. The third-order valence-electron chi connectivity index (χ3n) is 0.953. The summed E-state index contributed by atoms with van der Waals surface area (Å²) in [5.74, 6) is 0.786. The van der Waals surface area contributed by atoms with E-state index in [4.69, 9.17) is 5.73 Å². The molecule has 0 aliphatic carbocycles. The Morgan fingerprint density at radius 3 is 2.91 bits per heavy atom. The highest BCUT2D eigenvalue weighted by molar-refractivity contribution is 7.97. The van der Waals surface area contributed by atoms with Crippen molar-refractivity contribution in [2.24, 2.45) is 5.73 Å². The molecule has 0 radical (unpaired) electrons. The van der Waals surface area contributed by atoms with Crippen LogP contribution in [0.4, 0.5) is 0 Å². The molecule has 0 aliphatic heterocycles. The molecular formula is C6H12N2OS2. The third kappa shape index (κ3) is 5.17. The quantitative estimate of drug-likeness (QED) is 0.244. The van der Waals surface area contributed by atoms with Crippen LogP contribution < -0.4 is 10.5 Å². The summed E-state index contributed by atoms with van der Waals surface area (Å²) in [6.45, 7) is 3.53. The number of hydrogen-bond donors (Lipinski definition) is 3. The van der Waals surface area contributed by atoms with Crippen LogP contribution in [0.25, 0.3) is 0 Å². The van der Waals surface area contributed by atoms with Gasteiger partial charge in [0.05, 0.1) is 0 Å². The first-order valence-electron chi connectivity index (χ1n) is 3.10. The fourth-order valence-corrected chi connectivity index (χ4v) is 1.40. The summed E-state index contributed by atoms with van der Waals surface area (Å²) in [4.78, 5) is 10.6. The summed E-state index contributed by atoms with van der Waals surface area (Å²) in [7, 11) is 0. The van der Waals surface area contributed by atoms with Crippen LogP contribution in [0.2, 0.25) is 0 Å². The summed E-state index contributed by atoms with van der Waals surface area (Å²) >= 11 is 5.35. The number of amides is 1. The maximum Gasteiger partial charge on any atom is 0.236 e.